The molecule has 6 nitrogen and oxygen atoms in total. The molecular formula is C33H29N3O3. The normalized spacial score (nSPS) is 11.4. The molecule has 194 valence electrons. The van der Waals surface area contributed by atoms with Crippen LogP contribution in [0.2, 0.25) is 0 Å². The number of nitrogens with zero attached hydrogens (tertiary/aromatic N) is 3. The van der Waals surface area contributed by atoms with E-state index in [1.54, 1.807) is 12.1 Å². The van der Waals surface area contributed by atoms with Gasteiger partial charge in [0.15, 0.2) is 0 Å². The lowest BCUT2D eigenvalue weighted by Gasteiger charge is -2.12. The molecule has 2 aromatic heterocycles. The Morgan fingerprint density at radius 2 is 1.69 bits per heavy atom. The van der Waals surface area contributed by atoms with Gasteiger partial charge in [0.1, 0.15) is 5.82 Å². The SMILES string of the molecule is CCCc1nc2c(C)cc(-n3cc4ccccc4c3O)cc2n1Cc1ccc(-c2ccccc2C(=O)O)cc1. The van der Waals surface area contributed by atoms with Crippen molar-refractivity contribution in [2.75, 3.05) is 0 Å². The average molecular weight is 516 g/mol. The first kappa shape index (κ1) is 24.5. The number of carboxylic acid groups (broad SMARTS) is 1. The summed E-state index contributed by atoms with van der Waals surface area (Å²) in [5.41, 5.74) is 6.89. The number of hydrogen-bond acceptors (Lipinski definition) is 3. The fourth-order valence-corrected chi connectivity index (χ4v) is 5.39. The summed E-state index contributed by atoms with van der Waals surface area (Å²) in [4.78, 5) is 16.7. The highest BCUT2D eigenvalue weighted by Gasteiger charge is 2.17. The van der Waals surface area contributed by atoms with E-state index in [0.29, 0.717) is 17.7 Å². The molecular weight excluding hydrogens is 486 g/mol. The molecule has 6 rings (SSSR count). The van der Waals surface area contributed by atoms with Crippen molar-refractivity contribution in [1.29, 1.82) is 0 Å². The first-order valence-electron chi connectivity index (χ1n) is 13.2. The van der Waals surface area contributed by atoms with Crippen LogP contribution >= 0.6 is 0 Å². The van der Waals surface area contributed by atoms with Gasteiger partial charge in [0.05, 0.1) is 22.3 Å². The molecule has 2 N–H and O–H groups in total. The summed E-state index contributed by atoms with van der Waals surface area (Å²) >= 11 is 0. The topological polar surface area (TPSA) is 80.3 Å². The number of fused-ring (bicyclic) bond motifs is 2. The van der Waals surface area contributed by atoms with Crippen LogP contribution in [0, 0.1) is 6.92 Å². The first-order valence-corrected chi connectivity index (χ1v) is 13.2. The Morgan fingerprint density at radius 3 is 2.44 bits per heavy atom. The van der Waals surface area contributed by atoms with E-state index in [2.05, 4.69) is 42.7 Å². The predicted octanol–water partition coefficient (Wildman–Crippen LogP) is 7.36. The Morgan fingerprint density at radius 1 is 0.949 bits per heavy atom. The van der Waals surface area contributed by atoms with Crippen LogP contribution in [0.15, 0.2) is 91.1 Å². The minimum absolute atomic E-state index is 0.224. The number of carboxylic acids is 1. The lowest BCUT2D eigenvalue weighted by Crippen LogP contribution is -2.06. The molecule has 0 radical (unpaired) electrons. The van der Waals surface area contributed by atoms with Crippen molar-refractivity contribution in [3.8, 4) is 22.7 Å². The van der Waals surface area contributed by atoms with E-state index in [9.17, 15) is 15.0 Å². The molecule has 4 aromatic carbocycles. The molecule has 0 spiro atoms. The Bertz CT molecular complexity index is 1840. The van der Waals surface area contributed by atoms with E-state index < -0.39 is 5.97 Å². The predicted molar refractivity (Wildman–Crippen MR) is 155 cm³/mol. The van der Waals surface area contributed by atoms with Crippen molar-refractivity contribution in [2.45, 2.75) is 33.2 Å². The van der Waals surface area contributed by atoms with Crippen LogP contribution in [-0.2, 0) is 13.0 Å². The van der Waals surface area contributed by atoms with Crippen molar-refractivity contribution < 1.29 is 15.0 Å². The molecule has 39 heavy (non-hydrogen) atoms. The number of aromatic carboxylic acids is 1. The maximum atomic E-state index is 11.7. The Kier molecular flexibility index (Phi) is 6.15. The van der Waals surface area contributed by atoms with Crippen LogP contribution < -0.4 is 0 Å². The lowest BCUT2D eigenvalue weighted by molar-refractivity contribution is 0.0697. The molecule has 0 saturated heterocycles. The number of aromatic hydroxyl groups is 1. The van der Waals surface area contributed by atoms with Crippen LogP contribution in [0.4, 0.5) is 0 Å². The largest absolute Gasteiger partial charge is 0.494 e. The lowest BCUT2D eigenvalue weighted by atomic mass is 9.99. The second kappa shape index (κ2) is 9.80. The third-order valence-electron chi connectivity index (χ3n) is 7.32. The van der Waals surface area contributed by atoms with Gasteiger partial charge < -0.3 is 14.8 Å². The summed E-state index contributed by atoms with van der Waals surface area (Å²) in [6.07, 6.45) is 3.79. The number of hydrogen-bond donors (Lipinski definition) is 2. The summed E-state index contributed by atoms with van der Waals surface area (Å²) in [5.74, 6) is 0.313. The van der Waals surface area contributed by atoms with Crippen molar-refractivity contribution in [1.82, 2.24) is 14.1 Å². The average Bonchev–Trinajstić information content (AvgIpc) is 3.47. The van der Waals surface area contributed by atoms with Gasteiger partial charge >= 0.3 is 5.97 Å². The van der Waals surface area contributed by atoms with E-state index in [1.165, 1.54) is 0 Å². The van der Waals surface area contributed by atoms with Crippen molar-refractivity contribution in [2.24, 2.45) is 0 Å². The van der Waals surface area contributed by atoms with E-state index in [0.717, 1.165) is 62.8 Å². The van der Waals surface area contributed by atoms with Gasteiger partial charge in [-0.05, 0) is 59.9 Å². The van der Waals surface area contributed by atoms with Gasteiger partial charge in [-0.1, -0.05) is 67.6 Å². The van der Waals surface area contributed by atoms with Crippen molar-refractivity contribution >= 4 is 27.8 Å². The second-order valence-electron chi connectivity index (χ2n) is 9.95. The van der Waals surface area contributed by atoms with Gasteiger partial charge in [-0.15, -0.1) is 0 Å². The molecule has 0 unspecified atom stereocenters. The smallest absolute Gasteiger partial charge is 0.336 e. The zero-order valence-electron chi connectivity index (χ0n) is 21.9. The number of rotatable bonds is 7. The second-order valence-corrected chi connectivity index (χ2v) is 9.95. The number of benzene rings is 4. The number of aromatic nitrogens is 3. The minimum Gasteiger partial charge on any atom is -0.494 e. The van der Waals surface area contributed by atoms with E-state index >= 15 is 0 Å². The van der Waals surface area contributed by atoms with Gasteiger partial charge in [0.2, 0.25) is 5.88 Å². The zero-order chi connectivity index (χ0) is 27.1. The quantitative estimate of drug-likeness (QED) is 0.233. The van der Waals surface area contributed by atoms with Crippen LogP contribution in [0.5, 0.6) is 5.88 Å². The Labute approximate surface area is 226 Å². The molecule has 0 saturated carbocycles. The maximum absolute atomic E-state index is 11.7. The summed E-state index contributed by atoms with van der Waals surface area (Å²) in [7, 11) is 0. The van der Waals surface area contributed by atoms with E-state index in [1.807, 2.05) is 59.3 Å². The Hall–Kier alpha value is -4.84. The summed E-state index contributed by atoms with van der Waals surface area (Å²) in [6.45, 7) is 4.85. The summed E-state index contributed by atoms with van der Waals surface area (Å²) < 4.78 is 4.10. The van der Waals surface area contributed by atoms with Crippen molar-refractivity contribution in [3.05, 3.63) is 114 Å². The molecule has 2 heterocycles. The molecule has 6 aromatic rings. The van der Waals surface area contributed by atoms with Crippen LogP contribution in [-0.4, -0.2) is 30.3 Å². The van der Waals surface area contributed by atoms with E-state index in [-0.39, 0.29) is 5.88 Å². The maximum Gasteiger partial charge on any atom is 0.336 e. The first-order chi connectivity index (χ1) is 18.9. The monoisotopic (exact) mass is 515 g/mol. The van der Waals surface area contributed by atoms with Gasteiger partial charge in [0, 0.05) is 29.9 Å². The highest BCUT2D eigenvalue weighted by molar-refractivity contribution is 5.96. The Balaban J connectivity index is 1.42. The number of aryl methyl sites for hydroxylation is 2. The highest BCUT2D eigenvalue weighted by atomic mass is 16.4. The van der Waals surface area contributed by atoms with Gasteiger partial charge in [-0.2, -0.15) is 0 Å². The van der Waals surface area contributed by atoms with Gasteiger partial charge in [-0.3, -0.25) is 4.57 Å². The molecule has 0 aliphatic rings. The van der Waals surface area contributed by atoms with Crippen LogP contribution in [0.3, 0.4) is 0 Å². The fraction of sp³-hybridized carbons (Fsp3) is 0.152. The molecule has 6 heteroatoms. The van der Waals surface area contributed by atoms with E-state index in [4.69, 9.17) is 4.98 Å². The highest BCUT2D eigenvalue weighted by Crippen LogP contribution is 2.33. The van der Waals surface area contributed by atoms with Crippen LogP contribution in [0.25, 0.3) is 38.6 Å². The molecule has 0 fully saturated rings. The molecule has 0 amide bonds. The van der Waals surface area contributed by atoms with Crippen molar-refractivity contribution in [3.63, 3.8) is 0 Å². The minimum atomic E-state index is -0.934. The molecule has 0 bridgehead atoms. The standard InChI is InChI=1S/C33H29N3O3/c1-3-8-30-34-31-21(2)17-25(35-20-24-9-4-5-11-27(24)32(35)37)18-29(31)36(30)19-22-13-15-23(16-14-22)26-10-6-7-12-28(26)33(38)39/h4-7,9-18,20,37H,3,8,19H2,1-2H3,(H,38,39). The zero-order valence-corrected chi connectivity index (χ0v) is 21.9. The molecule has 0 aliphatic carbocycles. The number of carbonyl (C=O) groups is 1. The fourth-order valence-electron chi connectivity index (χ4n) is 5.39. The third kappa shape index (κ3) is 4.34. The third-order valence-corrected chi connectivity index (χ3v) is 7.32. The van der Waals surface area contributed by atoms with Gasteiger partial charge in [-0.25, -0.2) is 9.78 Å². The molecule has 0 aliphatic heterocycles. The van der Waals surface area contributed by atoms with Crippen LogP contribution in [0.1, 0.15) is 40.7 Å². The molecule has 0 atom stereocenters. The summed E-state index contributed by atoms with van der Waals surface area (Å²) in [5, 5.41) is 22.4. The number of imidazole rings is 1. The summed E-state index contributed by atoms with van der Waals surface area (Å²) in [6, 6.07) is 27.1. The van der Waals surface area contributed by atoms with Gasteiger partial charge in [0.25, 0.3) is 0 Å².